The van der Waals surface area contributed by atoms with E-state index in [0.717, 1.165) is 67.1 Å². The Kier molecular flexibility index (Phi) is 6.43. The molecule has 0 spiro atoms. The molecule has 0 aliphatic rings. The minimum atomic E-state index is 0.634. The van der Waals surface area contributed by atoms with E-state index in [4.69, 9.17) is 14.4 Å². The third kappa shape index (κ3) is 4.69. The van der Waals surface area contributed by atoms with E-state index >= 15 is 0 Å². The molecule has 2 aromatic heterocycles. The van der Waals surface area contributed by atoms with Crippen molar-refractivity contribution in [2.75, 3.05) is 4.90 Å². The Labute approximate surface area is 255 Å². The number of para-hydroxylation sites is 3. The van der Waals surface area contributed by atoms with Crippen LogP contribution < -0.4 is 4.90 Å². The smallest absolute Gasteiger partial charge is 0.160 e. The van der Waals surface area contributed by atoms with E-state index in [1.807, 2.05) is 60.7 Å². The van der Waals surface area contributed by atoms with Crippen LogP contribution in [0.25, 0.3) is 55.8 Å². The van der Waals surface area contributed by atoms with Crippen molar-refractivity contribution in [1.29, 1.82) is 0 Å². The van der Waals surface area contributed by atoms with E-state index in [2.05, 4.69) is 108 Å². The molecule has 0 fully saturated rings. The maximum atomic E-state index is 6.52. The Balaban J connectivity index is 1.43. The second kappa shape index (κ2) is 11.0. The van der Waals surface area contributed by atoms with E-state index in [1.54, 1.807) is 0 Å². The lowest BCUT2D eigenvalue weighted by molar-refractivity contribution is 0.669. The van der Waals surface area contributed by atoms with Gasteiger partial charge in [0.25, 0.3) is 0 Å². The van der Waals surface area contributed by atoms with Gasteiger partial charge in [0.2, 0.25) is 0 Å². The standard InChI is InChI=1S/C40H27N3O/c1-5-15-28(16-6-1)34-27-35(29-17-7-2-8-18-29)42-40(41-34)30-25-36(39-33-23-13-14-24-37(33)44-38(39)26-30)43(31-19-9-3-10-20-31)32-21-11-4-12-22-32/h1-27H. The topological polar surface area (TPSA) is 42.2 Å². The maximum absolute atomic E-state index is 6.52. The minimum absolute atomic E-state index is 0.634. The van der Waals surface area contributed by atoms with Gasteiger partial charge >= 0.3 is 0 Å². The molecular formula is C40H27N3O. The molecule has 4 nitrogen and oxygen atoms in total. The molecule has 0 aliphatic carbocycles. The first-order valence-corrected chi connectivity index (χ1v) is 14.7. The number of anilines is 3. The van der Waals surface area contributed by atoms with Gasteiger partial charge in [0.05, 0.1) is 22.5 Å². The largest absolute Gasteiger partial charge is 0.456 e. The highest BCUT2D eigenvalue weighted by Crippen LogP contribution is 2.45. The molecule has 6 aromatic carbocycles. The van der Waals surface area contributed by atoms with Crippen molar-refractivity contribution in [2.45, 2.75) is 0 Å². The zero-order chi connectivity index (χ0) is 29.3. The fourth-order valence-electron chi connectivity index (χ4n) is 5.81. The van der Waals surface area contributed by atoms with Gasteiger partial charge in [-0.15, -0.1) is 0 Å². The van der Waals surface area contributed by atoms with Crippen molar-refractivity contribution in [2.24, 2.45) is 0 Å². The van der Waals surface area contributed by atoms with E-state index in [-0.39, 0.29) is 0 Å². The molecule has 0 amide bonds. The normalized spacial score (nSPS) is 11.2. The average Bonchev–Trinajstić information content (AvgIpc) is 3.49. The predicted octanol–water partition coefficient (Wildman–Crippen LogP) is 10.8. The minimum Gasteiger partial charge on any atom is -0.456 e. The fourth-order valence-corrected chi connectivity index (χ4v) is 5.81. The van der Waals surface area contributed by atoms with Crippen LogP contribution >= 0.6 is 0 Å². The van der Waals surface area contributed by atoms with Gasteiger partial charge in [0.15, 0.2) is 5.82 Å². The number of hydrogen-bond acceptors (Lipinski definition) is 4. The van der Waals surface area contributed by atoms with Gasteiger partial charge in [-0.25, -0.2) is 9.97 Å². The van der Waals surface area contributed by atoms with Crippen molar-refractivity contribution in [3.05, 3.63) is 164 Å². The number of nitrogens with zero attached hydrogens (tertiary/aromatic N) is 3. The lowest BCUT2D eigenvalue weighted by atomic mass is 10.0. The number of rotatable bonds is 6. The van der Waals surface area contributed by atoms with Crippen LogP contribution in [0.15, 0.2) is 168 Å². The average molecular weight is 566 g/mol. The van der Waals surface area contributed by atoms with Crippen LogP contribution in [0.2, 0.25) is 0 Å². The van der Waals surface area contributed by atoms with Crippen LogP contribution in [0, 0.1) is 0 Å². The summed E-state index contributed by atoms with van der Waals surface area (Å²) in [5, 5.41) is 2.10. The predicted molar refractivity (Wildman–Crippen MR) is 180 cm³/mol. The zero-order valence-electron chi connectivity index (χ0n) is 23.8. The van der Waals surface area contributed by atoms with Crippen molar-refractivity contribution in [1.82, 2.24) is 9.97 Å². The number of furan rings is 1. The third-order valence-corrected chi connectivity index (χ3v) is 7.85. The Morgan fingerprint density at radius 2 is 0.932 bits per heavy atom. The Bertz CT molecular complexity index is 2110. The number of benzene rings is 6. The van der Waals surface area contributed by atoms with Crippen molar-refractivity contribution >= 4 is 39.0 Å². The molecular weight excluding hydrogens is 538 g/mol. The first-order valence-electron chi connectivity index (χ1n) is 14.7. The summed E-state index contributed by atoms with van der Waals surface area (Å²) in [4.78, 5) is 12.6. The van der Waals surface area contributed by atoms with Gasteiger partial charge in [-0.2, -0.15) is 0 Å². The number of hydrogen-bond donors (Lipinski definition) is 0. The molecule has 0 radical (unpaired) electrons. The Morgan fingerprint density at radius 1 is 0.432 bits per heavy atom. The monoisotopic (exact) mass is 565 g/mol. The summed E-state index contributed by atoms with van der Waals surface area (Å²) in [6.07, 6.45) is 0. The van der Waals surface area contributed by atoms with Crippen LogP contribution in [-0.4, -0.2) is 9.97 Å². The van der Waals surface area contributed by atoms with E-state index < -0.39 is 0 Å². The summed E-state index contributed by atoms with van der Waals surface area (Å²) >= 11 is 0. The van der Waals surface area contributed by atoms with E-state index in [0.29, 0.717) is 5.82 Å². The molecule has 0 saturated heterocycles. The second-order valence-corrected chi connectivity index (χ2v) is 10.7. The van der Waals surface area contributed by atoms with Crippen LogP contribution in [0.3, 0.4) is 0 Å². The van der Waals surface area contributed by atoms with Gasteiger partial charge in [-0.05, 0) is 48.5 Å². The SMILES string of the molecule is c1ccc(-c2cc(-c3ccccc3)nc(-c3cc(N(c4ccccc4)c4ccccc4)c4c(c3)oc3ccccc34)n2)cc1. The molecule has 8 aromatic rings. The van der Waals surface area contributed by atoms with Gasteiger partial charge in [0.1, 0.15) is 11.2 Å². The van der Waals surface area contributed by atoms with Crippen LogP contribution in [-0.2, 0) is 0 Å². The lowest BCUT2D eigenvalue weighted by Crippen LogP contribution is -2.10. The first-order chi connectivity index (χ1) is 21.8. The quantitative estimate of drug-likeness (QED) is 0.201. The van der Waals surface area contributed by atoms with Gasteiger partial charge in [-0.1, -0.05) is 115 Å². The summed E-state index contributed by atoms with van der Waals surface area (Å²) in [5.74, 6) is 0.634. The molecule has 0 atom stereocenters. The first kappa shape index (κ1) is 25.7. The van der Waals surface area contributed by atoms with Crippen LogP contribution in [0.5, 0.6) is 0 Å². The van der Waals surface area contributed by atoms with Gasteiger partial charge < -0.3 is 9.32 Å². The molecule has 8 rings (SSSR count). The summed E-state index contributed by atoms with van der Waals surface area (Å²) in [5.41, 5.74) is 9.39. The second-order valence-electron chi connectivity index (χ2n) is 10.7. The highest BCUT2D eigenvalue weighted by molar-refractivity contribution is 6.14. The number of aromatic nitrogens is 2. The van der Waals surface area contributed by atoms with Crippen LogP contribution in [0.1, 0.15) is 0 Å². The molecule has 44 heavy (non-hydrogen) atoms. The summed E-state index contributed by atoms with van der Waals surface area (Å²) in [7, 11) is 0. The van der Waals surface area contributed by atoms with Crippen molar-refractivity contribution in [3.8, 4) is 33.9 Å². The molecule has 0 saturated carbocycles. The van der Waals surface area contributed by atoms with Crippen molar-refractivity contribution in [3.63, 3.8) is 0 Å². The molecule has 2 heterocycles. The molecule has 208 valence electrons. The molecule has 4 heteroatoms. The number of fused-ring (bicyclic) bond motifs is 3. The highest BCUT2D eigenvalue weighted by Gasteiger charge is 2.22. The van der Waals surface area contributed by atoms with E-state index in [1.165, 1.54) is 0 Å². The molecule has 0 aliphatic heterocycles. The summed E-state index contributed by atoms with van der Waals surface area (Å²) < 4.78 is 6.52. The Hall–Kier alpha value is -6.00. The van der Waals surface area contributed by atoms with E-state index in [9.17, 15) is 0 Å². The molecule has 0 N–H and O–H groups in total. The molecule has 0 bridgehead atoms. The summed E-state index contributed by atoms with van der Waals surface area (Å²) in [6.45, 7) is 0. The molecule has 0 unspecified atom stereocenters. The third-order valence-electron chi connectivity index (χ3n) is 7.85. The zero-order valence-corrected chi connectivity index (χ0v) is 23.8. The van der Waals surface area contributed by atoms with Crippen LogP contribution in [0.4, 0.5) is 17.1 Å². The fraction of sp³-hybridized carbons (Fsp3) is 0. The summed E-state index contributed by atoms with van der Waals surface area (Å²) in [6, 6.07) is 56.0. The van der Waals surface area contributed by atoms with Gasteiger partial charge in [0, 0.05) is 33.5 Å². The Morgan fingerprint density at radius 3 is 1.50 bits per heavy atom. The lowest BCUT2D eigenvalue weighted by Gasteiger charge is -2.26. The van der Waals surface area contributed by atoms with Crippen molar-refractivity contribution < 1.29 is 4.42 Å². The highest BCUT2D eigenvalue weighted by atomic mass is 16.3. The maximum Gasteiger partial charge on any atom is 0.160 e. The van der Waals surface area contributed by atoms with Gasteiger partial charge in [-0.3, -0.25) is 0 Å².